The maximum atomic E-state index is 12.7. The Kier molecular flexibility index (Phi) is 4.08. The molecule has 1 aromatic heterocycles. The summed E-state index contributed by atoms with van der Waals surface area (Å²) in [7, 11) is 0. The zero-order valence-electron chi connectivity index (χ0n) is 13.3. The van der Waals surface area contributed by atoms with Crippen molar-refractivity contribution in [2.45, 2.75) is 19.1 Å². The molecule has 3 heterocycles. The van der Waals surface area contributed by atoms with Crippen LogP contribution in [0, 0.1) is 5.92 Å². The summed E-state index contributed by atoms with van der Waals surface area (Å²) < 4.78 is 16.4. The number of rotatable bonds is 2. The second-order valence-electron chi connectivity index (χ2n) is 6.22. The van der Waals surface area contributed by atoms with E-state index in [9.17, 15) is 9.59 Å². The van der Waals surface area contributed by atoms with Crippen molar-refractivity contribution in [3.05, 3.63) is 46.3 Å². The third-order valence-electron chi connectivity index (χ3n) is 4.73. The zero-order chi connectivity index (χ0) is 16.5. The molecule has 2 fully saturated rings. The first kappa shape index (κ1) is 15.4. The molecule has 4 rings (SSSR count). The molecule has 6 heteroatoms. The molecular weight excluding hydrogens is 310 g/mol. The van der Waals surface area contributed by atoms with Crippen molar-refractivity contribution in [1.82, 2.24) is 4.90 Å². The predicted molar refractivity (Wildman–Crippen MR) is 86.8 cm³/mol. The Hall–Kier alpha value is -2.18. The van der Waals surface area contributed by atoms with Crippen LogP contribution in [0.2, 0.25) is 0 Å². The summed E-state index contributed by atoms with van der Waals surface area (Å²) in [5.74, 6) is 0.0470. The molecule has 6 nitrogen and oxygen atoms in total. The number of fused-ring (bicyclic) bond motifs is 1. The molecule has 1 amide bonds. The summed E-state index contributed by atoms with van der Waals surface area (Å²) in [5.41, 5.74) is 0.0112. The van der Waals surface area contributed by atoms with E-state index < -0.39 is 5.63 Å². The lowest BCUT2D eigenvalue weighted by molar-refractivity contribution is -0.0956. The van der Waals surface area contributed by atoms with Crippen LogP contribution >= 0.6 is 0 Å². The molecule has 24 heavy (non-hydrogen) atoms. The van der Waals surface area contributed by atoms with Crippen molar-refractivity contribution >= 4 is 16.9 Å². The van der Waals surface area contributed by atoms with Crippen LogP contribution in [0.4, 0.5) is 0 Å². The molecule has 0 unspecified atom stereocenters. The van der Waals surface area contributed by atoms with Gasteiger partial charge >= 0.3 is 5.63 Å². The number of carbonyl (C=O) groups excluding carboxylic acids is 1. The highest BCUT2D eigenvalue weighted by Gasteiger charge is 2.32. The van der Waals surface area contributed by atoms with Gasteiger partial charge in [-0.15, -0.1) is 0 Å². The number of para-hydroxylation sites is 1. The van der Waals surface area contributed by atoms with Crippen LogP contribution in [0.25, 0.3) is 11.0 Å². The Morgan fingerprint density at radius 2 is 1.79 bits per heavy atom. The first-order valence-electron chi connectivity index (χ1n) is 8.28. The van der Waals surface area contributed by atoms with Gasteiger partial charge in [-0.25, -0.2) is 4.79 Å². The molecule has 0 bridgehead atoms. The first-order chi connectivity index (χ1) is 11.7. The number of benzene rings is 1. The van der Waals surface area contributed by atoms with Gasteiger partial charge in [-0.1, -0.05) is 18.2 Å². The quantitative estimate of drug-likeness (QED) is 0.789. The first-order valence-corrected chi connectivity index (χ1v) is 8.28. The van der Waals surface area contributed by atoms with E-state index in [1.54, 1.807) is 23.1 Å². The van der Waals surface area contributed by atoms with Gasteiger partial charge in [0.25, 0.3) is 5.91 Å². The van der Waals surface area contributed by atoms with Crippen LogP contribution < -0.4 is 5.63 Å². The maximum Gasteiger partial charge on any atom is 0.349 e. The summed E-state index contributed by atoms with van der Waals surface area (Å²) in [4.78, 5) is 26.5. The fourth-order valence-corrected chi connectivity index (χ4v) is 3.40. The fraction of sp³-hybridized carbons (Fsp3) is 0.444. The highest BCUT2D eigenvalue weighted by Crippen LogP contribution is 2.26. The van der Waals surface area contributed by atoms with Gasteiger partial charge in [-0.3, -0.25) is 4.79 Å². The summed E-state index contributed by atoms with van der Waals surface area (Å²) in [5, 5.41) is 0.753. The normalized spacial score (nSPS) is 19.9. The third kappa shape index (κ3) is 2.83. The molecule has 1 aromatic carbocycles. The minimum absolute atomic E-state index is 0.0977. The zero-order valence-corrected chi connectivity index (χ0v) is 13.3. The van der Waals surface area contributed by atoms with E-state index in [0.29, 0.717) is 37.8 Å². The van der Waals surface area contributed by atoms with E-state index in [1.165, 1.54) is 0 Å². The van der Waals surface area contributed by atoms with Crippen LogP contribution in [-0.4, -0.2) is 43.4 Å². The van der Waals surface area contributed by atoms with Gasteiger partial charge in [-0.2, -0.15) is 0 Å². The van der Waals surface area contributed by atoms with Gasteiger partial charge in [0, 0.05) is 24.4 Å². The Balaban J connectivity index is 1.50. The molecule has 0 spiro atoms. The minimum Gasteiger partial charge on any atom is -0.422 e. The Labute approximate surface area is 139 Å². The number of hydrogen-bond donors (Lipinski definition) is 0. The van der Waals surface area contributed by atoms with Crippen LogP contribution in [0.1, 0.15) is 23.2 Å². The molecule has 0 radical (unpaired) electrons. The van der Waals surface area contributed by atoms with Gasteiger partial charge < -0.3 is 18.8 Å². The molecule has 2 aromatic rings. The number of piperidine rings is 1. The third-order valence-corrected chi connectivity index (χ3v) is 4.73. The van der Waals surface area contributed by atoms with E-state index >= 15 is 0 Å². The molecule has 2 aliphatic rings. The number of amides is 1. The number of ether oxygens (including phenoxy) is 2. The number of nitrogens with zero attached hydrogens (tertiary/aromatic N) is 1. The topological polar surface area (TPSA) is 69.0 Å². The molecule has 0 saturated carbocycles. The Morgan fingerprint density at radius 1 is 1.08 bits per heavy atom. The van der Waals surface area contributed by atoms with Crippen LogP contribution in [0.15, 0.2) is 39.5 Å². The Bertz CT molecular complexity index is 800. The molecule has 0 atom stereocenters. The molecule has 2 aliphatic heterocycles. The van der Waals surface area contributed by atoms with Crippen molar-refractivity contribution in [3.8, 4) is 0 Å². The molecule has 2 saturated heterocycles. The van der Waals surface area contributed by atoms with Crippen molar-refractivity contribution in [2.75, 3.05) is 26.3 Å². The molecule has 126 valence electrons. The van der Waals surface area contributed by atoms with Gasteiger partial charge in [0.2, 0.25) is 0 Å². The monoisotopic (exact) mass is 329 g/mol. The summed E-state index contributed by atoms with van der Waals surface area (Å²) in [6.45, 7) is 2.47. The number of hydrogen-bond acceptors (Lipinski definition) is 5. The lowest BCUT2D eigenvalue weighted by Gasteiger charge is -2.33. The van der Waals surface area contributed by atoms with Gasteiger partial charge in [0.05, 0.1) is 13.2 Å². The highest BCUT2D eigenvalue weighted by molar-refractivity contribution is 5.96. The lowest BCUT2D eigenvalue weighted by Crippen LogP contribution is -2.42. The standard InChI is InChI=1S/C18H19NO5/c20-16(14-11-13-3-1-2-4-15(13)24-17(14)21)19-7-5-12(6-8-19)18-22-9-10-23-18/h1-4,11-12,18H,5-10H2. The van der Waals surface area contributed by atoms with Crippen molar-refractivity contribution in [1.29, 1.82) is 0 Å². The largest absolute Gasteiger partial charge is 0.422 e. The average Bonchev–Trinajstić information content (AvgIpc) is 3.15. The van der Waals surface area contributed by atoms with Crippen molar-refractivity contribution in [2.24, 2.45) is 5.92 Å². The van der Waals surface area contributed by atoms with E-state index in [2.05, 4.69) is 0 Å². The SMILES string of the molecule is O=C(c1cc2ccccc2oc1=O)N1CCC(C2OCCO2)CC1. The number of likely N-dealkylation sites (tertiary alicyclic amines) is 1. The lowest BCUT2D eigenvalue weighted by atomic mass is 9.95. The van der Waals surface area contributed by atoms with E-state index in [4.69, 9.17) is 13.9 Å². The minimum atomic E-state index is -0.580. The van der Waals surface area contributed by atoms with E-state index in [0.717, 1.165) is 18.2 Å². The second-order valence-corrected chi connectivity index (χ2v) is 6.22. The fourth-order valence-electron chi connectivity index (χ4n) is 3.40. The Morgan fingerprint density at radius 3 is 2.54 bits per heavy atom. The van der Waals surface area contributed by atoms with Crippen molar-refractivity contribution in [3.63, 3.8) is 0 Å². The molecule has 0 aliphatic carbocycles. The smallest absolute Gasteiger partial charge is 0.349 e. The highest BCUT2D eigenvalue weighted by atomic mass is 16.7. The molecular formula is C18H19NO5. The van der Waals surface area contributed by atoms with Crippen molar-refractivity contribution < 1.29 is 18.7 Å². The maximum absolute atomic E-state index is 12.7. The van der Waals surface area contributed by atoms with E-state index in [-0.39, 0.29) is 17.8 Å². The van der Waals surface area contributed by atoms with Crippen LogP contribution in [-0.2, 0) is 9.47 Å². The number of carbonyl (C=O) groups is 1. The summed E-state index contributed by atoms with van der Waals surface area (Å²) >= 11 is 0. The van der Waals surface area contributed by atoms with Gasteiger partial charge in [0.1, 0.15) is 11.1 Å². The van der Waals surface area contributed by atoms with Gasteiger partial charge in [0.15, 0.2) is 6.29 Å². The van der Waals surface area contributed by atoms with Crippen LogP contribution in [0.5, 0.6) is 0 Å². The van der Waals surface area contributed by atoms with E-state index in [1.807, 2.05) is 12.1 Å². The predicted octanol–water partition coefficient (Wildman–Crippen LogP) is 2.02. The summed E-state index contributed by atoms with van der Waals surface area (Å²) in [6, 6.07) is 8.82. The van der Waals surface area contributed by atoms with Crippen LogP contribution in [0.3, 0.4) is 0 Å². The van der Waals surface area contributed by atoms with Gasteiger partial charge in [-0.05, 0) is 25.0 Å². The second kappa shape index (κ2) is 6.37. The molecule has 0 N–H and O–H groups in total. The summed E-state index contributed by atoms with van der Waals surface area (Å²) in [6.07, 6.45) is 1.48. The average molecular weight is 329 g/mol.